The minimum atomic E-state index is -4.65. The van der Waals surface area contributed by atoms with E-state index in [1.807, 2.05) is 0 Å². The van der Waals surface area contributed by atoms with Gasteiger partial charge in [0, 0.05) is 0 Å². The largest absolute Gasteiger partial charge is 0.391 e. The van der Waals surface area contributed by atoms with Crippen molar-refractivity contribution < 1.29 is 26.3 Å². The average molecular weight is 234 g/mol. The van der Waals surface area contributed by atoms with Gasteiger partial charge in [-0.15, -0.1) is 0 Å². The molecule has 1 heterocycles. The fourth-order valence-electron chi connectivity index (χ4n) is 1.49. The summed E-state index contributed by atoms with van der Waals surface area (Å²) in [5.74, 6) is 0. The first kappa shape index (κ1) is 12.1. The van der Waals surface area contributed by atoms with E-state index in [2.05, 4.69) is 10.3 Å². The Morgan fingerprint density at radius 3 is 1.80 bits per heavy atom. The number of aliphatic imine (C=N–C) groups is 1. The molecule has 0 aromatic rings. The summed E-state index contributed by atoms with van der Waals surface area (Å²) in [7, 11) is 0. The molecule has 0 amide bonds. The smallest absolute Gasteiger partial charge is 0.368 e. The highest BCUT2D eigenvalue weighted by Gasteiger charge is 2.49. The van der Waals surface area contributed by atoms with Crippen LogP contribution in [0, 0.1) is 0 Å². The van der Waals surface area contributed by atoms with Crippen LogP contribution in [0.25, 0.3) is 0 Å². The zero-order valence-corrected chi connectivity index (χ0v) is 7.41. The van der Waals surface area contributed by atoms with Gasteiger partial charge >= 0.3 is 12.4 Å². The predicted octanol–water partition coefficient (Wildman–Crippen LogP) is 2.26. The zero-order chi connectivity index (χ0) is 11.7. The second-order valence-corrected chi connectivity index (χ2v) is 3.48. The first-order valence-electron chi connectivity index (χ1n) is 4.01. The van der Waals surface area contributed by atoms with E-state index in [1.54, 1.807) is 0 Å². The maximum atomic E-state index is 12.1. The molecular weight excluding hydrogens is 226 g/mol. The van der Waals surface area contributed by atoms with Crippen molar-refractivity contribution in [1.82, 2.24) is 5.32 Å². The molecule has 1 aliphatic heterocycles. The van der Waals surface area contributed by atoms with Gasteiger partial charge in [-0.25, -0.2) is 0 Å². The van der Waals surface area contributed by atoms with Gasteiger partial charge in [0.1, 0.15) is 0 Å². The van der Waals surface area contributed by atoms with Crippen molar-refractivity contribution in [3.8, 4) is 0 Å². The monoisotopic (exact) mass is 234 g/mol. The molecular formula is C7H8F6N2. The first-order valence-corrected chi connectivity index (χ1v) is 4.01. The van der Waals surface area contributed by atoms with Gasteiger partial charge in [-0.1, -0.05) is 0 Å². The minimum absolute atomic E-state index is 0.508. The van der Waals surface area contributed by atoms with E-state index in [0.29, 0.717) is 0 Å². The molecule has 0 saturated carbocycles. The van der Waals surface area contributed by atoms with Crippen molar-refractivity contribution in [3.05, 3.63) is 0 Å². The molecule has 0 atom stereocenters. The molecule has 1 aliphatic rings. The van der Waals surface area contributed by atoms with E-state index in [9.17, 15) is 26.3 Å². The summed E-state index contributed by atoms with van der Waals surface area (Å²) in [6.07, 6.45) is -11.5. The molecule has 0 unspecified atom stereocenters. The molecule has 15 heavy (non-hydrogen) atoms. The quantitative estimate of drug-likeness (QED) is 0.728. The van der Waals surface area contributed by atoms with E-state index < -0.39 is 37.3 Å². The van der Waals surface area contributed by atoms with Crippen molar-refractivity contribution in [2.75, 3.05) is 6.54 Å². The lowest BCUT2D eigenvalue weighted by Crippen LogP contribution is -2.49. The third-order valence-corrected chi connectivity index (χ3v) is 1.93. The number of nitrogens with zero attached hydrogens (tertiary/aromatic N) is 1. The standard InChI is InChI=1S/C7H8F6N2/c8-6(9,10)1-5(2-7(11,12)13)3-14-4-15-5/h4H,1-3H2,(H,14,15). The highest BCUT2D eigenvalue weighted by Crippen LogP contribution is 2.36. The third kappa shape index (κ3) is 3.96. The van der Waals surface area contributed by atoms with Gasteiger partial charge in [0.25, 0.3) is 0 Å². The number of hydrogen-bond acceptors (Lipinski definition) is 2. The van der Waals surface area contributed by atoms with E-state index >= 15 is 0 Å². The van der Waals surface area contributed by atoms with Gasteiger partial charge in [0.05, 0.1) is 31.3 Å². The molecule has 0 aromatic carbocycles. The van der Waals surface area contributed by atoms with Gasteiger partial charge in [-0.2, -0.15) is 26.3 Å². The van der Waals surface area contributed by atoms with Crippen molar-refractivity contribution in [2.24, 2.45) is 4.99 Å². The highest BCUT2D eigenvalue weighted by molar-refractivity contribution is 5.59. The van der Waals surface area contributed by atoms with Crippen LogP contribution in [0.2, 0.25) is 0 Å². The number of hydrogen-bond donors (Lipinski definition) is 1. The summed E-state index contributed by atoms with van der Waals surface area (Å²) in [5.41, 5.74) is -2.06. The maximum Gasteiger partial charge on any atom is 0.391 e. The van der Waals surface area contributed by atoms with E-state index in [0.717, 1.165) is 6.34 Å². The van der Waals surface area contributed by atoms with Crippen molar-refractivity contribution >= 4 is 6.34 Å². The van der Waals surface area contributed by atoms with Crippen LogP contribution in [0.3, 0.4) is 0 Å². The molecule has 8 heteroatoms. The first-order chi connectivity index (χ1) is 6.62. The summed E-state index contributed by atoms with van der Waals surface area (Å²) in [6, 6.07) is 0. The molecule has 0 saturated heterocycles. The Bertz CT molecular complexity index is 227. The molecule has 0 fully saturated rings. The van der Waals surface area contributed by atoms with Crippen molar-refractivity contribution in [1.29, 1.82) is 0 Å². The fourth-order valence-corrected chi connectivity index (χ4v) is 1.49. The van der Waals surface area contributed by atoms with Crippen LogP contribution in [0.4, 0.5) is 26.3 Å². The molecule has 0 radical (unpaired) electrons. The summed E-state index contributed by atoms with van der Waals surface area (Å²) < 4.78 is 72.4. The molecule has 1 rings (SSSR count). The van der Waals surface area contributed by atoms with Crippen LogP contribution in [0.1, 0.15) is 12.8 Å². The van der Waals surface area contributed by atoms with Crippen LogP contribution in [-0.4, -0.2) is 30.8 Å². The van der Waals surface area contributed by atoms with Crippen molar-refractivity contribution in [2.45, 2.75) is 30.7 Å². The molecule has 0 bridgehead atoms. The van der Waals surface area contributed by atoms with E-state index in [1.165, 1.54) is 0 Å². The SMILES string of the molecule is FC(F)(F)CC1(CC(F)(F)F)CN=CN1. The van der Waals surface area contributed by atoms with Gasteiger partial charge in [-0.3, -0.25) is 4.99 Å². The van der Waals surface area contributed by atoms with Crippen LogP contribution in [0.5, 0.6) is 0 Å². The van der Waals surface area contributed by atoms with E-state index in [-0.39, 0.29) is 0 Å². The molecule has 2 nitrogen and oxygen atoms in total. The van der Waals surface area contributed by atoms with Gasteiger partial charge in [0.15, 0.2) is 0 Å². The van der Waals surface area contributed by atoms with Gasteiger partial charge < -0.3 is 5.32 Å². The molecule has 88 valence electrons. The highest BCUT2D eigenvalue weighted by atomic mass is 19.4. The Morgan fingerprint density at radius 2 is 1.53 bits per heavy atom. The second-order valence-electron chi connectivity index (χ2n) is 3.48. The summed E-state index contributed by atoms with van der Waals surface area (Å²) >= 11 is 0. The second kappa shape index (κ2) is 3.57. The Hall–Kier alpha value is -0.950. The average Bonchev–Trinajstić information content (AvgIpc) is 2.27. The number of nitrogens with one attached hydrogen (secondary N) is 1. The normalized spacial score (nSPS) is 20.4. The van der Waals surface area contributed by atoms with Crippen LogP contribution >= 0.6 is 0 Å². The van der Waals surface area contributed by atoms with Crippen molar-refractivity contribution in [3.63, 3.8) is 0 Å². The van der Waals surface area contributed by atoms with E-state index in [4.69, 9.17) is 0 Å². The topological polar surface area (TPSA) is 24.4 Å². The molecule has 0 aromatic heterocycles. The number of halogens is 6. The Kier molecular flexibility index (Phi) is 2.88. The molecule has 0 aliphatic carbocycles. The zero-order valence-electron chi connectivity index (χ0n) is 7.41. The Balaban J connectivity index is 2.72. The molecule has 1 N–H and O–H groups in total. The Labute approximate surface area is 81.4 Å². The summed E-state index contributed by atoms with van der Waals surface area (Å²) in [4.78, 5) is 3.37. The third-order valence-electron chi connectivity index (χ3n) is 1.93. The minimum Gasteiger partial charge on any atom is -0.368 e. The fraction of sp³-hybridized carbons (Fsp3) is 0.857. The number of alkyl halides is 6. The van der Waals surface area contributed by atoms with Gasteiger partial charge in [0.2, 0.25) is 0 Å². The maximum absolute atomic E-state index is 12.1. The predicted molar refractivity (Wildman–Crippen MR) is 40.6 cm³/mol. The summed E-state index contributed by atoms with van der Waals surface area (Å²) in [6.45, 7) is -0.508. The Morgan fingerprint density at radius 1 is 1.07 bits per heavy atom. The van der Waals surface area contributed by atoms with Gasteiger partial charge in [-0.05, 0) is 0 Å². The van der Waals surface area contributed by atoms with Crippen LogP contribution in [-0.2, 0) is 0 Å². The van der Waals surface area contributed by atoms with Crippen LogP contribution in [0.15, 0.2) is 4.99 Å². The lowest BCUT2D eigenvalue weighted by atomic mass is 9.91. The molecule has 0 spiro atoms. The summed E-state index contributed by atoms with van der Waals surface area (Å²) in [5, 5.41) is 2.05. The lowest BCUT2D eigenvalue weighted by molar-refractivity contribution is -0.177. The number of rotatable bonds is 2. The van der Waals surface area contributed by atoms with Crippen LogP contribution < -0.4 is 5.32 Å². The lowest BCUT2D eigenvalue weighted by Gasteiger charge is -2.30.